The van der Waals surface area contributed by atoms with Crippen molar-refractivity contribution in [1.29, 1.82) is 0 Å². The van der Waals surface area contributed by atoms with E-state index in [2.05, 4.69) is 4.99 Å². The van der Waals surface area contributed by atoms with Crippen LogP contribution < -0.4 is 19.6 Å². The normalized spacial score (nSPS) is 15.0. The molecule has 12 heteroatoms. The highest BCUT2D eigenvalue weighted by molar-refractivity contribution is 7.07. The zero-order valence-electron chi connectivity index (χ0n) is 21.3. The number of halogens is 1. The summed E-state index contributed by atoms with van der Waals surface area (Å²) >= 11 is 7.03. The predicted octanol–water partition coefficient (Wildman–Crippen LogP) is 4.53. The Morgan fingerprint density at radius 1 is 1.23 bits per heavy atom. The first-order valence-electron chi connectivity index (χ1n) is 12.2. The molecular formula is C28H22ClN3O7S. The average molecular weight is 580 g/mol. The van der Waals surface area contributed by atoms with Crippen molar-refractivity contribution in [2.75, 3.05) is 6.61 Å². The standard InChI is InChI=1S/C28H22ClN3O7S/c1-3-37-27(34)24-16(2)30-28-31(25(24)17-7-5-4-6-8-17)26(33)23(40-28)14-19-10-11-20(39-19)15-38-22-12-9-18(29)13-21(22)32(35)36/h4-14,25H,3,15H2,1-2H3/b23-14-. The number of hydrogen-bond donors (Lipinski definition) is 0. The smallest absolute Gasteiger partial charge is 0.338 e. The van der Waals surface area contributed by atoms with Gasteiger partial charge in [-0.15, -0.1) is 0 Å². The van der Waals surface area contributed by atoms with E-state index in [1.165, 1.54) is 34.1 Å². The molecule has 0 saturated carbocycles. The molecule has 0 bridgehead atoms. The van der Waals surface area contributed by atoms with Gasteiger partial charge in [-0.05, 0) is 43.7 Å². The second-order valence-corrected chi connectivity index (χ2v) is 10.1. The third-order valence-corrected chi connectivity index (χ3v) is 7.29. The molecule has 40 heavy (non-hydrogen) atoms. The van der Waals surface area contributed by atoms with Crippen molar-refractivity contribution in [3.63, 3.8) is 0 Å². The van der Waals surface area contributed by atoms with Crippen molar-refractivity contribution in [1.82, 2.24) is 4.57 Å². The predicted molar refractivity (Wildman–Crippen MR) is 148 cm³/mol. The minimum absolute atomic E-state index is 0.0503. The number of aromatic nitrogens is 1. The maximum absolute atomic E-state index is 13.6. The Balaban J connectivity index is 1.48. The second-order valence-electron chi connectivity index (χ2n) is 8.67. The van der Waals surface area contributed by atoms with Gasteiger partial charge in [0.1, 0.15) is 18.1 Å². The third-order valence-electron chi connectivity index (χ3n) is 6.08. The SMILES string of the molecule is CCOC(=O)C1=C(C)N=c2s/c(=C\c3ccc(COc4ccc(Cl)cc4[N+](=O)[O-])o3)c(=O)n2C1c1ccccc1. The number of ether oxygens (including phenoxy) is 2. The Morgan fingerprint density at radius 2 is 2.00 bits per heavy atom. The highest BCUT2D eigenvalue weighted by Crippen LogP contribution is 2.31. The number of carbonyl (C=O) groups excluding carboxylic acids is 1. The highest BCUT2D eigenvalue weighted by atomic mass is 35.5. The van der Waals surface area contributed by atoms with Gasteiger partial charge in [0.05, 0.1) is 33.4 Å². The molecule has 1 aliphatic rings. The molecule has 10 nitrogen and oxygen atoms in total. The molecule has 204 valence electrons. The lowest BCUT2D eigenvalue weighted by atomic mass is 9.96. The van der Waals surface area contributed by atoms with Crippen molar-refractivity contribution in [3.8, 4) is 5.75 Å². The third kappa shape index (κ3) is 5.33. The van der Waals surface area contributed by atoms with Crippen LogP contribution in [0.3, 0.4) is 0 Å². The van der Waals surface area contributed by atoms with Crippen LogP contribution in [0.2, 0.25) is 5.02 Å². The molecule has 0 amide bonds. The Hall–Kier alpha value is -4.48. The van der Waals surface area contributed by atoms with Crippen LogP contribution in [0.5, 0.6) is 5.75 Å². The van der Waals surface area contributed by atoms with Gasteiger partial charge in [-0.1, -0.05) is 53.3 Å². The molecule has 0 N–H and O–H groups in total. The molecule has 1 unspecified atom stereocenters. The van der Waals surface area contributed by atoms with Gasteiger partial charge in [0.25, 0.3) is 5.56 Å². The number of carbonyl (C=O) groups is 1. The molecule has 0 saturated heterocycles. The summed E-state index contributed by atoms with van der Waals surface area (Å²) in [7, 11) is 0. The van der Waals surface area contributed by atoms with Crippen molar-refractivity contribution in [2.24, 2.45) is 4.99 Å². The lowest BCUT2D eigenvalue weighted by Crippen LogP contribution is -2.39. The number of fused-ring (bicyclic) bond motifs is 1. The molecule has 0 radical (unpaired) electrons. The summed E-state index contributed by atoms with van der Waals surface area (Å²) in [6.07, 6.45) is 1.59. The highest BCUT2D eigenvalue weighted by Gasteiger charge is 2.33. The molecule has 1 atom stereocenters. The van der Waals surface area contributed by atoms with Crippen LogP contribution >= 0.6 is 22.9 Å². The minimum Gasteiger partial charge on any atom is -0.479 e. The summed E-state index contributed by atoms with van der Waals surface area (Å²) in [4.78, 5) is 42.3. The first-order chi connectivity index (χ1) is 19.3. The molecule has 5 rings (SSSR count). The number of rotatable bonds is 8. The maximum atomic E-state index is 13.6. The first-order valence-corrected chi connectivity index (χ1v) is 13.4. The van der Waals surface area contributed by atoms with Crippen LogP contribution in [0.4, 0.5) is 5.69 Å². The van der Waals surface area contributed by atoms with Gasteiger partial charge < -0.3 is 13.9 Å². The fourth-order valence-corrected chi connectivity index (χ4v) is 5.52. The number of allylic oxidation sites excluding steroid dienone is 1. The molecule has 4 aromatic rings. The second kappa shape index (κ2) is 11.3. The van der Waals surface area contributed by atoms with Crippen LogP contribution in [-0.4, -0.2) is 22.1 Å². The largest absolute Gasteiger partial charge is 0.479 e. The lowest BCUT2D eigenvalue weighted by molar-refractivity contribution is -0.385. The van der Waals surface area contributed by atoms with Gasteiger partial charge >= 0.3 is 11.7 Å². The molecule has 0 aliphatic carbocycles. The van der Waals surface area contributed by atoms with Crippen LogP contribution in [-0.2, 0) is 16.1 Å². The fraction of sp³-hybridized carbons (Fsp3) is 0.179. The first kappa shape index (κ1) is 27.1. The fourth-order valence-electron chi connectivity index (χ4n) is 4.33. The quantitative estimate of drug-likeness (QED) is 0.170. The topological polar surface area (TPSA) is 126 Å². The van der Waals surface area contributed by atoms with Gasteiger partial charge in [-0.2, -0.15) is 0 Å². The maximum Gasteiger partial charge on any atom is 0.338 e. The summed E-state index contributed by atoms with van der Waals surface area (Å²) in [5.74, 6) is 0.302. The van der Waals surface area contributed by atoms with Gasteiger partial charge in [-0.3, -0.25) is 19.5 Å². The number of benzene rings is 2. The minimum atomic E-state index is -0.700. The average Bonchev–Trinajstić information content (AvgIpc) is 3.51. The van der Waals surface area contributed by atoms with Gasteiger partial charge in [0.2, 0.25) is 0 Å². The number of esters is 1. The number of hydrogen-bond acceptors (Lipinski definition) is 9. The Labute approximate surface area is 236 Å². The molecular weight excluding hydrogens is 558 g/mol. The van der Waals surface area contributed by atoms with Crippen LogP contribution in [0.1, 0.15) is 37.0 Å². The molecule has 3 heterocycles. The van der Waals surface area contributed by atoms with Gasteiger partial charge in [-0.25, -0.2) is 9.79 Å². The number of nitro benzene ring substituents is 1. The molecule has 0 spiro atoms. The van der Waals surface area contributed by atoms with E-state index in [1.54, 1.807) is 32.1 Å². The van der Waals surface area contributed by atoms with Crippen LogP contribution in [0, 0.1) is 10.1 Å². The number of nitrogens with zero attached hydrogens (tertiary/aromatic N) is 3. The van der Waals surface area contributed by atoms with E-state index in [9.17, 15) is 19.7 Å². The summed E-state index contributed by atoms with van der Waals surface area (Å²) < 4.78 is 18.5. The van der Waals surface area contributed by atoms with E-state index in [-0.39, 0.29) is 35.2 Å². The van der Waals surface area contributed by atoms with Crippen LogP contribution in [0.25, 0.3) is 6.08 Å². The van der Waals surface area contributed by atoms with E-state index in [4.69, 9.17) is 25.5 Å². The van der Waals surface area contributed by atoms with Crippen molar-refractivity contribution >= 4 is 40.7 Å². The summed E-state index contributed by atoms with van der Waals surface area (Å²) in [6.45, 7) is 3.56. The van der Waals surface area contributed by atoms with Crippen molar-refractivity contribution in [3.05, 3.63) is 124 Å². The van der Waals surface area contributed by atoms with Crippen molar-refractivity contribution in [2.45, 2.75) is 26.5 Å². The van der Waals surface area contributed by atoms with E-state index in [1.807, 2.05) is 30.3 Å². The van der Waals surface area contributed by atoms with Crippen molar-refractivity contribution < 1.29 is 23.6 Å². The Kier molecular flexibility index (Phi) is 7.67. The van der Waals surface area contributed by atoms with E-state index in [0.29, 0.717) is 32.1 Å². The van der Waals surface area contributed by atoms with E-state index < -0.39 is 16.9 Å². The number of thiazole rings is 1. The summed E-state index contributed by atoms with van der Waals surface area (Å²) in [5.41, 5.74) is 0.944. The summed E-state index contributed by atoms with van der Waals surface area (Å²) in [6, 6.07) is 16.0. The van der Waals surface area contributed by atoms with Gasteiger partial charge in [0.15, 0.2) is 10.6 Å². The Morgan fingerprint density at radius 3 is 2.73 bits per heavy atom. The van der Waals surface area contributed by atoms with E-state index in [0.717, 1.165) is 5.56 Å². The zero-order valence-corrected chi connectivity index (χ0v) is 22.9. The molecule has 2 aromatic heterocycles. The van der Waals surface area contributed by atoms with Gasteiger partial charge in [0, 0.05) is 17.2 Å². The van der Waals surface area contributed by atoms with Crippen LogP contribution in [0.15, 0.2) is 86.1 Å². The molecule has 1 aliphatic heterocycles. The summed E-state index contributed by atoms with van der Waals surface area (Å²) in [5, 5.41) is 11.5. The monoisotopic (exact) mass is 579 g/mol. The number of furan rings is 1. The lowest BCUT2D eigenvalue weighted by Gasteiger charge is -2.24. The Bertz CT molecular complexity index is 1820. The zero-order chi connectivity index (χ0) is 28.4. The van der Waals surface area contributed by atoms with E-state index >= 15 is 0 Å². The molecule has 0 fully saturated rings. The molecule has 2 aromatic carbocycles. The number of nitro groups is 1.